The highest BCUT2D eigenvalue weighted by Gasteiger charge is 2.18. The first-order chi connectivity index (χ1) is 6.40. The number of sulfone groups is 1. The van der Waals surface area contributed by atoms with Crippen LogP contribution in [0.1, 0.15) is 20.8 Å². The second-order valence-electron chi connectivity index (χ2n) is 3.88. The Balaban J connectivity index is 3.78. The number of rotatable bonds is 7. The second kappa shape index (κ2) is 6.37. The summed E-state index contributed by atoms with van der Waals surface area (Å²) >= 11 is 0. The zero-order valence-electron chi connectivity index (χ0n) is 9.19. The van der Waals surface area contributed by atoms with Crippen LogP contribution in [0, 0.1) is 5.92 Å². The molecule has 1 atom stereocenters. The molecule has 2 N–H and O–H groups in total. The lowest BCUT2D eigenvalue weighted by atomic mass is 10.2. The van der Waals surface area contributed by atoms with Gasteiger partial charge in [0, 0.05) is 13.2 Å². The summed E-state index contributed by atoms with van der Waals surface area (Å²) in [5.74, 6) is 0.502. The molecule has 86 valence electrons. The highest BCUT2D eigenvalue weighted by Crippen LogP contribution is 2.01. The zero-order valence-corrected chi connectivity index (χ0v) is 10.0. The third-order valence-electron chi connectivity index (χ3n) is 1.91. The first kappa shape index (κ1) is 13.9. The number of ether oxygens (including phenoxy) is 1. The standard InChI is InChI=1S/C9H21NO3S/c1-8(2)7-13-4-5-14(11,12)9(3)6-10/h8-9H,4-7,10H2,1-3H3. The van der Waals surface area contributed by atoms with E-state index in [9.17, 15) is 8.42 Å². The lowest BCUT2D eigenvalue weighted by Gasteiger charge is -2.11. The minimum atomic E-state index is -3.06. The summed E-state index contributed by atoms with van der Waals surface area (Å²) in [7, 11) is -3.06. The van der Waals surface area contributed by atoms with Crippen molar-refractivity contribution in [3.05, 3.63) is 0 Å². The van der Waals surface area contributed by atoms with Crippen LogP contribution in [0.5, 0.6) is 0 Å². The Labute approximate surface area is 86.7 Å². The molecule has 0 saturated carbocycles. The van der Waals surface area contributed by atoms with Crippen LogP contribution in [0.4, 0.5) is 0 Å². The molecule has 0 radical (unpaired) electrons. The summed E-state index contributed by atoms with van der Waals surface area (Å²) in [5.41, 5.74) is 5.29. The van der Waals surface area contributed by atoms with E-state index in [4.69, 9.17) is 10.5 Å². The Bertz CT molecular complexity index is 236. The molecular formula is C9H21NO3S. The van der Waals surface area contributed by atoms with E-state index in [-0.39, 0.29) is 18.9 Å². The van der Waals surface area contributed by atoms with Gasteiger partial charge in [-0.1, -0.05) is 13.8 Å². The summed E-state index contributed by atoms with van der Waals surface area (Å²) < 4.78 is 28.1. The highest BCUT2D eigenvalue weighted by atomic mass is 32.2. The van der Waals surface area contributed by atoms with E-state index in [1.807, 2.05) is 13.8 Å². The highest BCUT2D eigenvalue weighted by molar-refractivity contribution is 7.92. The zero-order chi connectivity index (χ0) is 11.2. The molecule has 0 aliphatic heterocycles. The van der Waals surface area contributed by atoms with Crippen LogP contribution in [0.2, 0.25) is 0 Å². The fourth-order valence-electron chi connectivity index (χ4n) is 0.842. The monoisotopic (exact) mass is 223 g/mol. The second-order valence-corrected chi connectivity index (χ2v) is 6.42. The molecule has 4 nitrogen and oxygen atoms in total. The first-order valence-electron chi connectivity index (χ1n) is 4.89. The Hall–Kier alpha value is -0.130. The fraction of sp³-hybridized carbons (Fsp3) is 1.00. The normalized spacial score (nSPS) is 14.6. The maximum absolute atomic E-state index is 11.4. The largest absolute Gasteiger partial charge is 0.380 e. The maximum Gasteiger partial charge on any atom is 0.156 e. The average Bonchev–Trinajstić information content (AvgIpc) is 2.10. The predicted molar refractivity (Wildman–Crippen MR) is 58.0 cm³/mol. The molecule has 0 spiro atoms. The van der Waals surface area contributed by atoms with Crippen molar-refractivity contribution in [3.8, 4) is 0 Å². The molecule has 14 heavy (non-hydrogen) atoms. The first-order valence-corrected chi connectivity index (χ1v) is 6.61. The van der Waals surface area contributed by atoms with Crippen molar-refractivity contribution < 1.29 is 13.2 Å². The SMILES string of the molecule is CC(C)COCCS(=O)(=O)C(C)CN. The molecule has 1 unspecified atom stereocenters. The molecule has 0 rings (SSSR count). The van der Waals surface area contributed by atoms with Crippen LogP contribution in [0.25, 0.3) is 0 Å². The van der Waals surface area contributed by atoms with Crippen LogP contribution in [0.15, 0.2) is 0 Å². The fourth-order valence-corrected chi connectivity index (χ4v) is 1.89. The molecule has 0 fully saturated rings. The van der Waals surface area contributed by atoms with Gasteiger partial charge in [-0.15, -0.1) is 0 Å². The van der Waals surface area contributed by atoms with Gasteiger partial charge in [0.15, 0.2) is 9.84 Å². The van der Waals surface area contributed by atoms with Crippen molar-refractivity contribution in [2.24, 2.45) is 11.7 Å². The van der Waals surface area contributed by atoms with Crippen LogP contribution in [-0.2, 0) is 14.6 Å². The van der Waals surface area contributed by atoms with E-state index in [0.717, 1.165) is 0 Å². The topological polar surface area (TPSA) is 69.4 Å². The summed E-state index contributed by atoms with van der Waals surface area (Å²) in [6.45, 7) is 6.72. The van der Waals surface area contributed by atoms with Gasteiger partial charge in [0.2, 0.25) is 0 Å². The predicted octanol–water partition coefficient (Wildman–Crippen LogP) is 0.421. The summed E-state index contributed by atoms with van der Waals surface area (Å²) in [5, 5.41) is -0.467. The Morgan fingerprint density at radius 2 is 1.86 bits per heavy atom. The van der Waals surface area contributed by atoms with Gasteiger partial charge < -0.3 is 10.5 Å². The van der Waals surface area contributed by atoms with Crippen molar-refractivity contribution in [2.75, 3.05) is 25.5 Å². The molecule has 0 amide bonds. The van der Waals surface area contributed by atoms with E-state index >= 15 is 0 Å². The number of hydrogen-bond donors (Lipinski definition) is 1. The molecule has 0 aromatic heterocycles. The van der Waals surface area contributed by atoms with Gasteiger partial charge in [-0.25, -0.2) is 8.42 Å². The van der Waals surface area contributed by atoms with E-state index in [0.29, 0.717) is 12.5 Å². The number of nitrogens with two attached hydrogens (primary N) is 1. The third-order valence-corrected chi connectivity index (χ3v) is 4.06. The van der Waals surface area contributed by atoms with Crippen molar-refractivity contribution in [1.82, 2.24) is 0 Å². The van der Waals surface area contributed by atoms with Crippen LogP contribution in [0.3, 0.4) is 0 Å². The van der Waals surface area contributed by atoms with Crippen molar-refractivity contribution in [1.29, 1.82) is 0 Å². The van der Waals surface area contributed by atoms with Crippen LogP contribution >= 0.6 is 0 Å². The Morgan fingerprint density at radius 1 is 1.29 bits per heavy atom. The van der Waals surface area contributed by atoms with Crippen molar-refractivity contribution >= 4 is 9.84 Å². The molecule has 0 aliphatic carbocycles. The Kier molecular flexibility index (Phi) is 6.31. The lowest BCUT2D eigenvalue weighted by Crippen LogP contribution is -2.30. The van der Waals surface area contributed by atoms with Crippen molar-refractivity contribution in [3.63, 3.8) is 0 Å². The minimum Gasteiger partial charge on any atom is -0.380 e. The molecular weight excluding hydrogens is 202 g/mol. The van der Waals surface area contributed by atoms with Crippen LogP contribution < -0.4 is 5.73 Å². The maximum atomic E-state index is 11.4. The molecule has 0 aromatic rings. The number of hydrogen-bond acceptors (Lipinski definition) is 4. The summed E-state index contributed by atoms with van der Waals surface area (Å²) in [6.07, 6.45) is 0. The Morgan fingerprint density at radius 3 is 2.29 bits per heavy atom. The quantitative estimate of drug-likeness (QED) is 0.635. The summed E-state index contributed by atoms with van der Waals surface area (Å²) in [6, 6.07) is 0. The molecule has 0 bridgehead atoms. The van der Waals surface area contributed by atoms with Gasteiger partial charge >= 0.3 is 0 Å². The van der Waals surface area contributed by atoms with E-state index < -0.39 is 15.1 Å². The van der Waals surface area contributed by atoms with Gasteiger partial charge in [-0.05, 0) is 12.8 Å². The summed E-state index contributed by atoms with van der Waals surface area (Å²) in [4.78, 5) is 0. The minimum absolute atomic E-state index is 0.0675. The van der Waals surface area contributed by atoms with Crippen LogP contribution in [-0.4, -0.2) is 39.2 Å². The lowest BCUT2D eigenvalue weighted by molar-refractivity contribution is 0.123. The van der Waals surface area contributed by atoms with E-state index in [2.05, 4.69) is 0 Å². The van der Waals surface area contributed by atoms with Gasteiger partial charge in [0.25, 0.3) is 0 Å². The molecule has 0 heterocycles. The van der Waals surface area contributed by atoms with E-state index in [1.54, 1.807) is 6.92 Å². The third kappa shape index (κ3) is 5.57. The smallest absolute Gasteiger partial charge is 0.156 e. The molecule has 0 saturated heterocycles. The van der Waals surface area contributed by atoms with Gasteiger partial charge in [0.1, 0.15) is 0 Å². The molecule has 0 aliphatic rings. The van der Waals surface area contributed by atoms with Gasteiger partial charge in [0.05, 0.1) is 17.6 Å². The average molecular weight is 223 g/mol. The van der Waals surface area contributed by atoms with Gasteiger partial charge in [-0.3, -0.25) is 0 Å². The van der Waals surface area contributed by atoms with Gasteiger partial charge in [-0.2, -0.15) is 0 Å². The van der Waals surface area contributed by atoms with E-state index in [1.165, 1.54) is 0 Å². The van der Waals surface area contributed by atoms with Crippen molar-refractivity contribution in [2.45, 2.75) is 26.0 Å². The molecule has 5 heteroatoms. The molecule has 0 aromatic carbocycles.